The van der Waals surface area contributed by atoms with Crippen molar-refractivity contribution in [2.45, 2.75) is 37.0 Å². The molecule has 14 heteroatoms. The summed E-state index contributed by atoms with van der Waals surface area (Å²) >= 11 is 0. The molecule has 0 spiro atoms. The van der Waals surface area contributed by atoms with Crippen LogP contribution in [-0.2, 0) is 4.74 Å². The lowest BCUT2D eigenvalue weighted by Gasteiger charge is -2.31. The van der Waals surface area contributed by atoms with Crippen LogP contribution in [0.4, 0.5) is 33.5 Å². The third-order valence-corrected chi connectivity index (χ3v) is 9.87. The van der Waals surface area contributed by atoms with Crippen molar-refractivity contribution in [1.82, 2.24) is 19.9 Å². The number of hydrogen-bond donors (Lipinski definition) is 1. The molecule has 2 aromatic carbocycles. The lowest BCUT2D eigenvalue weighted by molar-refractivity contribution is 0.108. The van der Waals surface area contributed by atoms with Gasteiger partial charge in [-0.15, -0.1) is 0 Å². The molecule has 9 nitrogen and oxygen atoms in total. The van der Waals surface area contributed by atoms with Crippen LogP contribution in [0.15, 0.2) is 30.5 Å². The van der Waals surface area contributed by atoms with Gasteiger partial charge in [0, 0.05) is 47.2 Å². The van der Waals surface area contributed by atoms with Crippen molar-refractivity contribution in [2.24, 2.45) is 5.92 Å². The molecule has 4 atom stereocenters. The van der Waals surface area contributed by atoms with Crippen LogP contribution < -0.4 is 20.1 Å². The number of anilines is 2. The average molecular weight is 658 g/mol. The third kappa shape index (κ3) is 4.59. The number of nitrogens with zero attached hydrogens (tertiary/aromatic N) is 5. The molecule has 1 aliphatic carbocycles. The van der Waals surface area contributed by atoms with Gasteiger partial charge in [0.05, 0.1) is 41.3 Å². The fourth-order valence-electron chi connectivity index (χ4n) is 7.61. The minimum absolute atomic E-state index is 0.0869. The highest BCUT2D eigenvalue weighted by atomic mass is 19.2. The molecule has 3 aliphatic heterocycles. The number of nitrogen functional groups attached to an aromatic ring is 1. The zero-order valence-corrected chi connectivity index (χ0v) is 25.0. The molecule has 1 saturated carbocycles. The molecule has 5 heterocycles. The van der Waals surface area contributed by atoms with E-state index in [9.17, 15) is 8.78 Å². The van der Waals surface area contributed by atoms with Gasteiger partial charge in [-0.3, -0.25) is 9.88 Å². The van der Waals surface area contributed by atoms with Gasteiger partial charge >= 0.3 is 6.01 Å². The van der Waals surface area contributed by atoms with E-state index in [1.165, 1.54) is 6.20 Å². The third-order valence-electron chi connectivity index (χ3n) is 9.87. The van der Waals surface area contributed by atoms with Gasteiger partial charge < -0.3 is 24.8 Å². The van der Waals surface area contributed by atoms with Gasteiger partial charge in [-0.1, -0.05) is 12.2 Å². The number of methoxy groups -OCH3 is 1. The minimum atomic E-state index is -3.30. The number of nitrogens with two attached hydrogens (primary N) is 1. The first-order chi connectivity index (χ1) is 23.8. The maximum atomic E-state index is 17.0. The van der Waals surface area contributed by atoms with Crippen LogP contribution in [-0.4, -0.2) is 84.1 Å². The number of rotatable bonds is 6. The Balaban J connectivity index is 1.32. The van der Waals surface area contributed by atoms with Crippen molar-refractivity contribution >= 4 is 33.2 Å². The van der Waals surface area contributed by atoms with Crippen molar-refractivity contribution in [2.75, 3.05) is 57.1 Å². The molecule has 0 unspecified atom stereocenters. The first-order valence-electron chi connectivity index (χ1n) is 16.7. The number of pyridine rings is 1. The van der Waals surface area contributed by atoms with Gasteiger partial charge in [-0.05, 0) is 37.9 Å². The zero-order valence-electron chi connectivity index (χ0n) is 28.0. The molecule has 2 N–H and O–H groups in total. The molecule has 47 heavy (non-hydrogen) atoms. The molecule has 2 aromatic heterocycles. The molecule has 246 valence electrons. The Hall–Kier alpha value is -4.30. The maximum Gasteiger partial charge on any atom is 0.319 e. The van der Waals surface area contributed by atoms with E-state index in [1.807, 2.05) is 0 Å². The number of hydrogen-bond acceptors (Lipinski definition) is 9. The molecular formula is C33H31F5N6O3. The highest BCUT2D eigenvalue weighted by Gasteiger charge is 2.56. The van der Waals surface area contributed by atoms with E-state index in [0.717, 1.165) is 43.6 Å². The Morgan fingerprint density at radius 3 is 2.81 bits per heavy atom. The van der Waals surface area contributed by atoms with Crippen molar-refractivity contribution in [3.8, 4) is 23.0 Å². The van der Waals surface area contributed by atoms with E-state index < -0.39 is 76.2 Å². The Bertz CT molecular complexity index is 2090. The number of ether oxygens (including phenoxy) is 3. The van der Waals surface area contributed by atoms with Gasteiger partial charge in [0.2, 0.25) is 5.82 Å². The number of alkyl halides is 1. The summed E-state index contributed by atoms with van der Waals surface area (Å²) in [6, 6.07) is 1.27. The second-order valence-corrected chi connectivity index (χ2v) is 12.7. The van der Waals surface area contributed by atoms with Crippen LogP contribution in [0, 0.1) is 29.2 Å². The van der Waals surface area contributed by atoms with Crippen molar-refractivity contribution < 1.29 is 40.3 Å². The summed E-state index contributed by atoms with van der Waals surface area (Å²) in [5.74, 6) is -8.18. The van der Waals surface area contributed by atoms with E-state index in [0.29, 0.717) is 6.42 Å². The first kappa shape index (κ1) is 26.7. The van der Waals surface area contributed by atoms with E-state index in [-0.39, 0.29) is 60.3 Å². The Labute approximate surface area is 270 Å². The summed E-state index contributed by atoms with van der Waals surface area (Å²) in [6.07, 6.45) is 2.53. The van der Waals surface area contributed by atoms with Gasteiger partial charge in [0.15, 0.2) is 23.2 Å². The summed E-state index contributed by atoms with van der Waals surface area (Å²) < 4.78 is 116. The summed E-state index contributed by atoms with van der Waals surface area (Å²) in [5.41, 5.74) is 5.29. The summed E-state index contributed by atoms with van der Waals surface area (Å²) in [7, 11) is -3.30. The highest BCUT2D eigenvalue weighted by molar-refractivity contribution is 6.04. The van der Waals surface area contributed by atoms with Crippen molar-refractivity contribution in [3.63, 3.8) is 0 Å². The smallest absolute Gasteiger partial charge is 0.319 e. The van der Waals surface area contributed by atoms with Gasteiger partial charge in [0.25, 0.3) is 0 Å². The Morgan fingerprint density at radius 2 is 1.98 bits per heavy atom. The molecule has 0 bridgehead atoms. The van der Waals surface area contributed by atoms with Crippen LogP contribution in [0.2, 0.25) is 0 Å². The monoisotopic (exact) mass is 657 g/mol. The zero-order chi connectivity index (χ0) is 35.3. The number of halogens is 5. The fraction of sp³-hybridized carbons (Fsp3) is 0.424. The minimum Gasteiger partial charge on any atom is -0.493 e. The molecule has 3 saturated heterocycles. The maximum absolute atomic E-state index is 17.0. The second-order valence-electron chi connectivity index (χ2n) is 12.7. The van der Waals surface area contributed by atoms with E-state index in [2.05, 4.69) is 26.4 Å². The SMILES string of the molecule is [2H]C([2H])([2H])Oc1c(F)c(F)c(F)c2cc(N)cc(-c3ncc4c(N5CCOC[C@H]6[C@H](F)[C@H]65)nc(OC[C@@]56CCCN5CC(=C)C6)nc4c3F)c12. The standard InChI is InChI=1S/C33H31F5N6O3/c1-15-10-33(4-3-5-43(33)12-15)14-47-32-41-28-19(31(42-32)44-6-7-46-13-20-23(35)29(20)44)11-40-27(26(28)38)18-9-16(39)8-17-21(18)30(45-2)25(37)24(36)22(17)34/h8-9,11,20,23,29H,1,3-7,10,12-14,39H2,2H3/t20-,23-,29-,33-/m0/s1/i2D3. The predicted molar refractivity (Wildman–Crippen MR) is 164 cm³/mol. The van der Waals surface area contributed by atoms with Gasteiger partial charge in [0.1, 0.15) is 29.8 Å². The summed E-state index contributed by atoms with van der Waals surface area (Å²) in [4.78, 5) is 17.3. The number of benzene rings is 2. The van der Waals surface area contributed by atoms with Gasteiger partial charge in [-0.25, -0.2) is 17.6 Å². The molecule has 0 radical (unpaired) electrons. The van der Waals surface area contributed by atoms with Crippen LogP contribution in [0.3, 0.4) is 0 Å². The Morgan fingerprint density at radius 1 is 1.13 bits per heavy atom. The van der Waals surface area contributed by atoms with E-state index in [4.69, 9.17) is 24.1 Å². The first-order valence-corrected chi connectivity index (χ1v) is 15.2. The van der Waals surface area contributed by atoms with Crippen LogP contribution in [0.25, 0.3) is 32.9 Å². The van der Waals surface area contributed by atoms with Crippen LogP contribution in [0.1, 0.15) is 23.4 Å². The average Bonchev–Trinajstić information content (AvgIpc) is 3.47. The molecule has 0 amide bonds. The Kier molecular flexibility index (Phi) is 6.19. The molecule has 4 fully saturated rings. The molecular weight excluding hydrogens is 623 g/mol. The number of fused-ring (bicyclic) bond motifs is 4. The molecule has 4 aliphatic rings. The molecule has 4 aromatic rings. The normalized spacial score (nSPS) is 26.9. The van der Waals surface area contributed by atoms with Crippen LogP contribution >= 0.6 is 0 Å². The largest absolute Gasteiger partial charge is 0.493 e. The van der Waals surface area contributed by atoms with Crippen LogP contribution in [0.5, 0.6) is 11.8 Å². The predicted octanol–water partition coefficient (Wildman–Crippen LogP) is 5.34. The molecule has 8 rings (SSSR count). The quantitative estimate of drug-likeness (QED) is 0.128. The van der Waals surface area contributed by atoms with Gasteiger partial charge in [-0.2, -0.15) is 14.4 Å². The fourth-order valence-corrected chi connectivity index (χ4v) is 7.61. The second kappa shape index (κ2) is 10.9. The number of aromatic nitrogens is 3. The summed E-state index contributed by atoms with van der Waals surface area (Å²) in [5, 5.41) is -1.19. The van der Waals surface area contributed by atoms with E-state index in [1.54, 1.807) is 4.90 Å². The van der Waals surface area contributed by atoms with Crippen molar-refractivity contribution in [1.29, 1.82) is 0 Å². The lowest BCUT2D eigenvalue weighted by Crippen LogP contribution is -2.43. The topological polar surface area (TPSA) is 98.9 Å². The van der Waals surface area contributed by atoms with E-state index >= 15 is 13.2 Å². The lowest BCUT2D eigenvalue weighted by atomic mass is 9.94. The summed E-state index contributed by atoms with van der Waals surface area (Å²) in [6.45, 7) is 6.63. The van der Waals surface area contributed by atoms with Crippen molar-refractivity contribution in [3.05, 3.63) is 53.8 Å². The highest BCUT2D eigenvalue weighted by Crippen LogP contribution is 2.47.